The van der Waals surface area contributed by atoms with E-state index in [9.17, 15) is 0 Å². The number of piperazine rings is 1. The molecule has 1 rings (SSSR count). The van der Waals surface area contributed by atoms with Gasteiger partial charge in [0, 0.05) is 38.8 Å². The maximum atomic E-state index is 4.52. The van der Waals surface area contributed by atoms with Gasteiger partial charge in [-0.1, -0.05) is 20.8 Å². The lowest BCUT2D eigenvalue weighted by molar-refractivity contribution is 0.0815. The highest BCUT2D eigenvalue weighted by Crippen LogP contribution is 2.28. The van der Waals surface area contributed by atoms with Crippen LogP contribution in [0.2, 0.25) is 0 Å². The van der Waals surface area contributed by atoms with E-state index in [0.717, 1.165) is 5.75 Å². The third kappa shape index (κ3) is 4.80. The Morgan fingerprint density at radius 2 is 1.59 bits per heavy atom. The molecule has 0 bridgehead atoms. The van der Waals surface area contributed by atoms with Crippen molar-refractivity contribution in [1.82, 2.24) is 9.80 Å². The quantitative estimate of drug-likeness (QED) is 0.775. The summed E-state index contributed by atoms with van der Waals surface area (Å²) >= 11 is 4.52. The van der Waals surface area contributed by atoms with Gasteiger partial charge in [0.05, 0.1) is 0 Å². The fourth-order valence-corrected chi connectivity index (χ4v) is 3.04. The van der Waals surface area contributed by atoms with Crippen LogP contribution in [0.5, 0.6) is 0 Å². The highest BCUT2D eigenvalue weighted by molar-refractivity contribution is 7.80. The second-order valence-electron chi connectivity index (χ2n) is 6.68. The van der Waals surface area contributed by atoms with E-state index >= 15 is 0 Å². The van der Waals surface area contributed by atoms with Gasteiger partial charge >= 0.3 is 0 Å². The zero-order valence-electron chi connectivity index (χ0n) is 12.2. The van der Waals surface area contributed by atoms with Crippen molar-refractivity contribution in [3.63, 3.8) is 0 Å². The molecule has 1 saturated heterocycles. The summed E-state index contributed by atoms with van der Waals surface area (Å²) in [6.45, 7) is 17.7. The van der Waals surface area contributed by atoms with Crippen molar-refractivity contribution >= 4 is 12.6 Å². The summed E-state index contributed by atoms with van der Waals surface area (Å²) in [4.78, 5) is 5.19. The minimum Gasteiger partial charge on any atom is -0.300 e. The maximum absolute atomic E-state index is 4.52. The SMILES string of the molecule is CC(C)N1CCN(CC(CS)C(C)(C)C)CC1. The largest absolute Gasteiger partial charge is 0.300 e. The van der Waals surface area contributed by atoms with Crippen molar-refractivity contribution in [2.24, 2.45) is 11.3 Å². The lowest BCUT2D eigenvalue weighted by Gasteiger charge is -2.40. The first-order valence-electron chi connectivity index (χ1n) is 6.92. The van der Waals surface area contributed by atoms with Crippen molar-refractivity contribution in [3.05, 3.63) is 0 Å². The van der Waals surface area contributed by atoms with Gasteiger partial charge in [0.25, 0.3) is 0 Å². The average molecular weight is 258 g/mol. The van der Waals surface area contributed by atoms with Crippen LogP contribution in [0.3, 0.4) is 0 Å². The maximum Gasteiger partial charge on any atom is 0.0113 e. The number of rotatable bonds is 4. The van der Waals surface area contributed by atoms with Crippen molar-refractivity contribution < 1.29 is 0 Å². The molecule has 1 aliphatic rings. The van der Waals surface area contributed by atoms with Crippen molar-refractivity contribution in [2.75, 3.05) is 38.5 Å². The molecule has 3 heteroatoms. The van der Waals surface area contributed by atoms with E-state index in [2.05, 4.69) is 57.0 Å². The van der Waals surface area contributed by atoms with Crippen LogP contribution in [0.25, 0.3) is 0 Å². The van der Waals surface area contributed by atoms with Crippen molar-refractivity contribution in [1.29, 1.82) is 0 Å². The molecule has 0 aromatic carbocycles. The molecule has 2 nitrogen and oxygen atoms in total. The Labute approximate surface area is 113 Å². The molecule has 0 aromatic heterocycles. The number of thiol groups is 1. The van der Waals surface area contributed by atoms with Gasteiger partial charge in [-0.2, -0.15) is 12.6 Å². The van der Waals surface area contributed by atoms with E-state index in [1.807, 2.05) is 0 Å². The number of hydrogen-bond acceptors (Lipinski definition) is 3. The molecule has 1 heterocycles. The second-order valence-corrected chi connectivity index (χ2v) is 7.04. The molecule has 0 N–H and O–H groups in total. The number of hydrogen-bond donors (Lipinski definition) is 1. The second kappa shape index (κ2) is 6.44. The van der Waals surface area contributed by atoms with E-state index in [0.29, 0.717) is 17.4 Å². The van der Waals surface area contributed by atoms with Crippen LogP contribution < -0.4 is 0 Å². The molecular formula is C14H30N2S. The molecule has 0 saturated carbocycles. The number of nitrogens with zero attached hydrogens (tertiary/aromatic N) is 2. The van der Waals surface area contributed by atoms with Crippen LogP contribution in [-0.4, -0.2) is 54.3 Å². The van der Waals surface area contributed by atoms with Crippen LogP contribution >= 0.6 is 12.6 Å². The highest BCUT2D eigenvalue weighted by Gasteiger charge is 2.27. The molecule has 0 aromatic rings. The monoisotopic (exact) mass is 258 g/mol. The first-order chi connectivity index (χ1) is 7.84. The predicted molar refractivity (Wildman–Crippen MR) is 79.9 cm³/mol. The summed E-state index contributed by atoms with van der Waals surface area (Å²) < 4.78 is 0. The van der Waals surface area contributed by atoms with Gasteiger partial charge in [0.15, 0.2) is 0 Å². The smallest absolute Gasteiger partial charge is 0.0113 e. The molecule has 1 atom stereocenters. The Morgan fingerprint density at radius 3 is 1.94 bits per heavy atom. The zero-order chi connectivity index (χ0) is 13.1. The fraction of sp³-hybridized carbons (Fsp3) is 1.00. The molecule has 0 amide bonds. The molecule has 1 fully saturated rings. The lowest BCUT2D eigenvalue weighted by Crippen LogP contribution is -2.51. The summed E-state index contributed by atoms with van der Waals surface area (Å²) in [6.07, 6.45) is 0. The minimum absolute atomic E-state index is 0.372. The van der Waals surface area contributed by atoms with Crippen LogP contribution in [0.15, 0.2) is 0 Å². The predicted octanol–water partition coefficient (Wildman–Crippen LogP) is 2.60. The van der Waals surface area contributed by atoms with Gasteiger partial charge in [0.2, 0.25) is 0 Å². The normalized spacial score (nSPS) is 22.1. The standard InChI is InChI=1S/C14H30N2S/c1-12(2)16-8-6-15(7-9-16)10-13(11-17)14(3,4)5/h12-13,17H,6-11H2,1-5H3. The molecule has 0 radical (unpaired) electrons. The van der Waals surface area contributed by atoms with Gasteiger partial charge in [0.1, 0.15) is 0 Å². The van der Waals surface area contributed by atoms with E-state index in [4.69, 9.17) is 0 Å². The van der Waals surface area contributed by atoms with Gasteiger partial charge < -0.3 is 4.90 Å². The van der Waals surface area contributed by atoms with E-state index < -0.39 is 0 Å². The summed E-state index contributed by atoms with van der Waals surface area (Å²) in [6, 6.07) is 0.695. The molecule has 0 aliphatic carbocycles. The summed E-state index contributed by atoms with van der Waals surface area (Å²) in [5.41, 5.74) is 0.372. The van der Waals surface area contributed by atoms with Gasteiger partial charge in [-0.3, -0.25) is 4.90 Å². The minimum atomic E-state index is 0.372. The Kier molecular flexibility index (Phi) is 5.81. The molecule has 17 heavy (non-hydrogen) atoms. The lowest BCUT2D eigenvalue weighted by atomic mass is 9.81. The topological polar surface area (TPSA) is 6.48 Å². The van der Waals surface area contributed by atoms with Gasteiger partial charge in [-0.05, 0) is 30.9 Å². The van der Waals surface area contributed by atoms with Crippen LogP contribution in [0.4, 0.5) is 0 Å². The molecular weight excluding hydrogens is 228 g/mol. The molecule has 0 spiro atoms. The Hall–Kier alpha value is 0.270. The van der Waals surface area contributed by atoms with Crippen molar-refractivity contribution in [2.45, 2.75) is 40.7 Å². The highest BCUT2D eigenvalue weighted by atomic mass is 32.1. The van der Waals surface area contributed by atoms with E-state index in [-0.39, 0.29) is 0 Å². The first kappa shape index (κ1) is 15.3. The van der Waals surface area contributed by atoms with Crippen molar-refractivity contribution in [3.8, 4) is 0 Å². The van der Waals surface area contributed by atoms with Gasteiger partial charge in [-0.15, -0.1) is 0 Å². The Morgan fingerprint density at radius 1 is 1.06 bits per heavy atom. The van der Waals surface area contributed by atoms with Crippen LogP contribution in [0.1, 0.15) is 34.6 Å². The van der Waals surface area contributed by atoms with Crippen LogP contribution in [0, 0.1) is 11.3 Å². The fourth-order valence-electron chi connectivity index (χ4n) is 2.38. The van der Waals surface area contributed by atoms with Gasteiger partial charge in [-0.25, -0.2) is 0 Å². The molecule has 1 aliphatic heterocycles. The Balaban J connectivity index is 2.39. The first-order valence-corrected chi connectivity index (χ1v) is 7.55. The van der Waals surface area contributed by atoms with E-state index in [1.165, 1.54) is 32.7 Å². The summed E-state index contributed by atoms with van der Waals surface area (Å²) in [5.74, 6) is 1.69. The molecule has 1 unspecified atom stereocenters. The third-order valence-electron chi connectivity index (χ3n) is 4.06. The summed E-state index contributed by atoms with van der Waals surface area (Å²) in [5, 5.41) is 0. The average Bonchev–Trinajstić information content (AvgIpc) is 2.24. The zero-order valence-corrected chi connectivity index (χ0v) is 13.1. The summed E-state index contributed by atoms with van der Waals surface area (Å²) in [7, 11) is 0. The van der Waals surface area contributed by atoms with Crippen LogP contribution in [-0.2, 0) is 0 Å². The molecule has 102 valence electrons. The van der Waals surface area contributed by atoms with E-state index in [1.54, 1.807) is 0 Å². The Bertz CT molecular complexity index is 215. The third-order valence-corrected chi connectivity index (χ3v) is 4.50.